The molecule has 0 fully saturated rings. The van der Waals surface area contributed by atoms with Gasteiger partial charge in [0, 0.05) is 0 Å². The van der Waals surface area contributed by atoms with Crippen LogP contribution in [0.3, 0.4) is 0 Å². The van der Waals surface area contributed by atoms with E-state index >= 15 is 0 Å². The van der Waals surface area contributed by atoms with E-state index in [9.17, 15) is 4.79 Å². The molecule has 1 aliphatic rings. The molecule has 1 aromatic carbocycles. The maximum Gasteiger partial charge on any atom is 0.313 e. The van der Waals surface area contributed by atoms with Crippen LogP contribution in [-0.4, -0.2) is 12.6 Å². The molecule has 0 radical (unpaired) electrons. The molecule has 0 aromatic heterocycles. The molecule has 0 heterocycles. The number of allylic oxidation sites excluding steroid dienone is 1. The molecule has 1 unspecified atom stereocenters. The largest absolute Gasteiger partial charge is 0.465 e. The third-order valence-electron chi connectivity index (χ3n) is 3.43. The lowest BCUT2D eigenvalue weighted by molar-refractivity contribution is -0.147. The topological polar surface area (TPSA) is 26.3 Å². The van der Waals surface area contributed by atoms with Crippen molar-refractivity contribution in [1.82, 2.24) is 0 Å². The van der Waals surface area contributed by atoms with Crippen LogP contribution in [0, 0.1) is 5.92 Å². The van der Waals surface area contributed by atoms with Crippen LogP contribution in [0.15, 0.2) is 35.9 Å². The molecule has 2 heteroatoms. The number of carbonyl (C=O) groups is 1. The van der Waals surface area contributed by atoms with Crippen molar-refractivity contribution in [1.29, 1.82) is 0 Å². The number of ether oxygens (including phenoxy) is 1. The minimum atomic E-state index is -0.0621. The van der Waals surface area contributed by atoms with Crippen molar-refractivity contribution in [3.05, 3.63) is 41.5 Å². The number of hydrogen-bond acceptors (Lipinski definition) is 2. The molecule has 18 heavy (non-hydrogen) atoms. The highest BCUT2D eigenvalue weighted by Gasteiger charge is 2.34. The first kappa shape index (κ1) is 12.9. The summed E-state index contributed by atoms with van der Waals surface area (Å²) in [6.45, 7) is 4.74. The van der Waals surface area contributed by atoms with Crippen LogP contribution in [0.1, 0.15) is 38.7 Å². The number of carbonyl (C=O) groups excluding carboxylic acids is 1. The Bertz CT molecular complexity index is 445. The van der Waals surface area contributed by atoms with Gasteiger partial charge in [0.05, 0.1) is 12.5 Å². The smallest absolute Gasteiger partial charge is 0.313 e. The molecule has 0 saturated carbocycles. The Morgan fingerprint density at radius 2 is 2.06 bits per heavy atom. The summed E-state index contributed by atoms with van der Waals surface area (Å²) in [7, 11) is 0. The van der Waals surface area contributed by atoms with E-state index in [1.807, 2.05) is 18.2 Å². The monoisotopic (exact) mass is 244 g/mol. The van der Waals surface area contributed by atoms with Crippen molar-refractivity contribution in [2.45, 2.75) is 33.1 Å². The van der Waals surface area contributed by atoms with Crippen LogP contribution >= 0.6 is 0 Å². The predicted octanol–water partition coefficient (Wildman–Crippen LogP) is 3.82. The van der Waals surface area contributed by atoms with E-state index in [-0.39, 0.29) is 11.9 Å². The zero-order valence-corrected chi connectivity index (χ0v) is 11.1. The van der Waals surface area contributed by atoms with Gasteiger partial charge in [-0.2, -0.15) is 0 Å². The van der Waals surface area contributed by atoms with Crippen LogP contribution in [0.2, 0.25) is 0 Å². The minimum absolute atomic E-state index is 0.0516. The summed E-state index contributed by atoms with van der Waals surface area (Å²) in [6, 6.07) is 10.1. The van der Waals surface area contributed by atoms with Crippen LogP contribution in [0.4, 0.5) is 0 Å². The van der Waals surface area contributed by atoms with Crippen molar-refractivity contribution in [2.75, 3.05) is 6.61 Å². The number of unbranched alkanes of at least 4 members (excludes halogenated alkanes) is 1. The minimum Gasteiger partial charge on any atom is -0.465 e. The molecule has 96 valence electrons. The van der Waals surface area contributed by atoms with Gasteiger partial charge in [-0.05, 0) is 30.9 Å². The molecule has 1 aromatic rings. The van der Waals surface area contributed by atoms with Crippen molar-refractivity contribution in [3.8, 4) is 0 Å². The summed E-state index contributed by atoms with van der Waals surface area (Å²) in [4.78, 5) is 12.0. The van der Waals surface area contributed by atoms with Crippen LogP contribution in [0.5, 0.6) is 0 Å². The molecule has 1 atom stereocenters. The Hall–Kier alpha value is -1.57. The molecule has 0 spiro atoms. The third-order valence-corrected chi connectivity index (χ3v) is 3.43. The van der Waals surface area contributed by atoms with Gasteiger partial charge < -0.3 is 4.74 Å². The van der Waals surface area contributed by atoms with Crippen LogP contribution in [-0.2, 0) is 9.53 Å². The molecule has 0 aliphatic heterocycles. The van der Waals surface area contributed by atoms with Gasteiger partial charge in [-0.1, -0.05) is 49.2 Å². The van der Waals surface area contributed by atoms with E-state index in [0.717, 1.165) is 30.4 Å². The van der Waals surface area contributed by atoms with Gasteiger partial charge in [0.25, 0.3) is 0 Å². The Kier molecular flexibility index (Phi) is 4.19. The summed E-state index contributed by atoms with van der Waals surface area (Å²) < 4.78 is 5.31. The molecule has 2 rings (SSSR count). The first-order valence-corrected chi connectivity index (χ1v) is 6.65. The highest BCUT2D eigenvalue weighted by Crippen LogP contribution is 2.42. The van der Waals surface area contributed by atoms with Crippen molar-refractivity contribution in [3.63, 3.8) is 0 Å². The summed E-state index contributed by atoms with van der Waals surface area (Å²) in [6.07, 6.45) is 2.84. The van der Waals surface area contributed by atoms with Crippen LogP contribution in [0.25, 0.3) is 5.57 Å². The molecule has 0 amide bonds. The second-order valence-corrected chi connectivity index (χ2v) is 4.84. The zero-order valence-electron chi connectivity index (χ0n) is 11.1. The number of hydrogen-bond donors (Lipinski definition) is 0. The van der Waals surface area contributed by atoms with Gasteiger partial charge in [0.2, 0.25) is 0 Å². The van der Waals surface area contributed by atoms with Gasteiger partial charge in [-0.3, -0.25) is 4.79 Å². The average molecular weight is 244 g/mol. The number of esters is 1. The Labute approximate surface area is 109 Å². The van der Waals surface area contributed by atoms with Crippen molar-refractivity contribution < 1.29 is 9.53 Å². The maximum atomic E-state index is 12.0. The van der Waals surface area contributed by atoms with E-state index < -0.39 is 0 Å². The summed E-state index contributed by atoms with van der Waals surface area (Å²) in [5, 5.41) is 0. The highest BCUT2D eigenvalue weighted by molar-refractivity contribution is 5.94. The van der Waals surface area contributed by atoms with Gasteiger partial charge >= 0.3 is 5.97 Å². The molecule has 0 bridgehead atoms. The highest BCUT2D eigenvalue weighted by atomic mass is 16.5. The van der Waals surface area contributed by atoms with Crippen molar-refractivity contribution >= 4 is 11.5 Å². The third kappa shape index (κ3) is 2.63. The maximum absolute atomic E-state index is 12.0. The fourth-order valence-electron chi connectivity index (χ4n) is 2.37. The van der Waals surface area contributed by atoms with E-state index in [2.05, 4.69) is 26.0 Å². The summed E-state index contributed by atoms with van der Waals surface area (Å²) >= 11 is 0. The van der Waals surface area contributed by atoms with Gasteiger partial charge in [0.15, 0.2) is 0 Å². The van der Waals surface area contributed by atoms with E-state index in [4.69, 9.17) is 4.74 Å². The van der Waals surface area contributed by atoms with Gasteiger partial charge in [-0.25, -0.2) is 0 Å². The lowest BCUT2D eigenvalue weighted by atomic mass is 9.75. The number of rotatable bonds is 5. The lowest BCUT2D eigenvalue weighted by Crippen LogP contribution is -2.27. The summed E-state index contributed by atoms with van der Waals surface area (Å²) in [5.41, 5.74) is 3.62. The molecular weight excluding hydrogens is 224 g/mol. The fraction of sp³-hybridized carbons (Fsp3) is 0.438. The normalized spacial score (nSPS) is 18.4. The molecule has 0 N–H and O–H groups in total. The van der Waals surface area contributed by atoms with Crippen LogP contribution < -0.4 is 0 Å². The standard InChI is InChI=1S/C16H20O2/c1-3-4-10-18-16(17)14-11-12(2)15(14)13-8-6-5-7-9-13/h5-9,14H,3-4,10-11H2,1-2H3. The SMILES string of the molecule is CCCCOC(=O)C1CC(C)=C1c1ccccc1. The predicted molar refractivity (Wildman–Crippen MR) is 73.0 cm³/mol. The van der Waals surface area contributed by atoms with E-state index in [1.54, 1.807) is 0 Å². The first-order chi connectivity index (χ1) is 8.74. The quantitative estimate of drug-likeness (QED) is 0.581. The van der Waals surface area contributed by atoms with Crippen molar-refractivity contribution in [2.24, 2.45) is 5.92 Å². The second-order valence-electron chi connectivity index (χ2n) is 4.84. The Morgan fingerprint density at radius 3 is 2.67 bits per heavy atom. The second kappa shape index (κ2) is 5.85. The Morgan fingerprint density at radius 1 is 1.33 bits per heavy atom. The summed E-state index contributed by atoms with van der Waals surface area (Å²) in [5.74, 6) is -0.114. The number of benzene rings is 1. The Balaban J connectivity index is 2.03. The van der Waals surface area contributed by atoms with Gasteiger partial charge in [0.1, 0.15) is 0 Å². The average Bonchev–Trinajstić information content (AvgIpc) is 2.37. The molecule has 1 aliphatic carbocycles. The van der Waals surface area contributed by atoms with E-state index in [0.29, 0.717) is 6.61 Å². The molecule has 0 saturated heterocycles. The fourth-order valence-corrected chi connectivity index (χ4v) is 2.37. The van der Waals surface area contributed by atoms with Gasteiger partial charge in [-0.15, -0.1) is 0 Å². The first-order valence-electron chi connectivity index (χ1n) is 6.65. The molecular formula is C16H20O2. The lowest BCUT2D eigenvalue weighted by Gasteiger charge is -2.30. The molecule has 2 nitrogen and oxygen atoms in total. The van der Waals surface area contributed by atoms with E-state index in [1.165, 1.54) is 5.57 Å². The zero-order chi connectivity index (χ0) is 13.0.